The highest BCUT2D eigenvalue weighted by molar-refractivity contribution is 9.10. The molecule has 3 rings (SSSR count). The van der Waals surface area contributed by atoms with E-state index >= 15 is 0 Å². The van der Waals surface area contributed by atoms with Crippen LogP contribution in [0.15, 0.2) is 65.1 Å². The Balaban J connectivity index is 1.78. The number of benzene rings is 2. The molecule has 2 amide bonds. The van der Waals surface area contributed by atoms with E-state index in [4.69, 9.17) is 5.73 Å². The molecule has 6 heteroatoms. The molecule has 0 bridgehead atoms. The molecule has 2 aromatic carbocycles. The summed E-state index contributed by atoms with van der Waals surface area (Å²) in [7, 11) is 0. The average molecular weight is 398 g/mol. The van der Waals surface area contributed by atoms with Crippen LogP contribution in [0.4, 0.5) is 0 Å². The highest BCUT2D eigenvalue weighted by atomic mass is 79.9. The molecular formula is C19H16BrN3O2. The SMILES string of the molecule is NC(=O)[C@H](Cc1ccc2ccccc2n1)NC(=O)c1cccc(Br)c1. The van der Waals surface area contributed by atoms with Crippen molar-refractivity contribution in [1.82, 2.24) is 10.3 Å². The normalized spacial score (nSPS) is 11.9. The summed E-state index contributed by atoms with van der Waals surface area (Å²) in [5, 5.41) is 3.70. The smallest absolute Gasteiger partial charge is 0.251 e. The minimum atomic E-state index is -0.833. The minimum absolute atomic E-state index is 0.236. The molecule has 126 valence electrons. The second-order valence-corrected chi connectivity index (χ2v) is 6.55. The first-order chi connectivity index (χ1) is 12.0. The summed E-state index contributed by atoms with van der Waals surface area (Å²) < 4.78 is 0.784. The number of nitrogens with zero attached hydrogens (tertiary/aromatic N) is 1. The van der Waals surface area contributed by atoms with Crippen molar-refractivity contribution >= 4 is 38.6 Å². The Bertz CT molecular complexity index is 943. The number of amides is 2. The molecule has 5 nitrogen and oxygen atoms in total. The number of carbonyl (C=O) groups excluding carboxylic acids is 2. The fourth-order valence-electron chi connectivity index (χ4n) is 2.53. The van der Waals surface area contributed by atoms with Crippen LogP contribution < -0.4 is 11.1 Å². The molecule has 0 aliphatic rings. The van der Waals surface area contributed by atoms with E-state index in [1.807, 2.05) is 42.5 Å². The van der Waals surface area contributed by atoms with E-state index in [1.165, 1.54) is 0 Å². The van der Waals surface area contributed by atoms with Gasteiger partial charge in [-0.1, -0.05) is 46.3 Å². The molecule has 1 atom stereocenters. The van der Waals surface area contributed by atoms with Gasteiger partial charge in [0.05, 0.1) is 5.52 Å². The number of rotatable bonds is 5. The second kappa shape index (κ2) is 7.44. The predicted molar refractivity (Wildman–Crippen MR) is 100 cm³/mol. The number of hydrogen-bond acceptors (Lipinski definition) is 3. The van der Waals surface area contributed by atoms with E-state index in [1.54, 1.807) is 18.2 Å². The summed E-state index contributed by atoms with van der Waals surface area (Å²) in [5.41, 5.74) is 7.44. The number of primary amides is 1. The van der Waals surface area contributed by atoms with Gasteiger partial charge in [-0.05, 0) is 30.3 Å². The molecular weight excluding hydrogens is 382 g/mol. The Morgan fingerprint density at radius 2 is 1.88 bits per heavy atom. The first-order valence-electron chi connectivity index (χ1n) is 7.73. The van der Waals surface area contributed by atoms with E-state index in [0.717, 1.165) is 15.4 Å². The number of fused-ring (bicyclic) bond motifs is 1. The number of aromatic nitrogens is 1. The van der Waals surface area contributed by atoms with Crippen molar-refractivity contribution in [3.63, 3.8) is 0 Å². The molecule has 0 saturated carbocycles. The Kier molecular flexibility index (Phi) is 5.09. The average Bonchev–Trinajstić information content (AvgIpc) is 2.61. The van der Waals surface area contributed by atoms with E-state index in [0.29, 0.717) is 11.3 Å². The molecule has 0 fully saturated rings. The molecule has 0 spiro atoms. The van der Waals surface area contributed by atoms with Gasteiger partial charge in [0, 0.05) is 27.5 Å². The minimum Gasteiger partial charge on any atom is -0.368 e. The molecule has 0 aliphatic heterocycles. The fraction of sp³-hybridized carbons (Fsp3) is 0.105. The monoisotopic (exact) mass is 397 g/mol. The number of pyridine rings is 1. The number of para-hydroxylation sites is 1. The predicted octanol–water partition coefficient (Wildman–Crippen LogP) is 2.82. The van der Waals surface area contributed by atoms with Gasteiger partial charge >= 0.3 is 0 Å². The summed E-state index contributed by atoms with van der Waals surface area (Å²) in [5.74, 6) is -0.954. The van der Waals surface area contributed by atoms with Gasteiger partial charge in [-0.3, -0.25) is 14.6 Å². The van der Waals surface area contributed by atoms with E-state index in [9.17, 15) is 9.59 Å². The lowest BCUT2D eigenvalue weighted by Crippen LogP contribution is -2.46. The Morgan fingerprint density at radius 3 is 2.64 bits per heavy atom. The molecule has 25 heavy (non-hydrogen) atoms. The molecule has 0 unspecified atom stereocenters. The quantitative estimate of drug-likeness (QED) is 0.693. The van der Waals surface area contributed by atoms with Gasteiger partial charge < -0.3 is 11.1 Å². The number of nitrogens with one attached hydrogen (secondary N) is 1. The van der Waals surface area contributed by atoms with Crippen LogP contribution in [0.3, 0.4) is 0 Å². The summed E-state index contributed by atoms with van der Waals surface area (Å²) >= 11 is 3.32. The van der Waals surface area contributed by atoms with Crippen LogP contribution in [0.2, 0.25) is 0 Å². The van der Waals surface area contributed by atoms with Crippen LogP contribution in [-0.2, 0) is 11.2 Å². The Morgan fingerprint density at radius 1 is 1.08 bits per heavy atom. The van der Waals surface area contributed by atoms with Crippen LogP contribution in [0, 0.1) is 0 Å². The Hall–Kier alpha value is -2.73. The first-order valence-corrected chi connectivity index (χ1v) is 8.52. The van der Waals surface area contributed by atoms with Gasteiger partial charge in [0.1, 0.15) is 6.04 Å². The van der Waals surface area contributed by atoms with E-state index in [-0.39, 0.29) is 12.3 Å². The zero-order valence-electron chi connectivity index (χ0n) is 13.3. The van der Waals surface area contributed by atoms with E-state index in [2.05, 4.69) is 26.2 Å². The molecule has 3 N–H and O–H groups in total. The third-order valence-corrected chi connectivity index (χ3v) is 4.30. The standard InChI is InChI=1S/C19H16BrN3O2/c20-14-6-3-5-13(10-14)19(25)23-17(18(21)24)11-15-9-8-12-4-1-2-7-16(12)22-15/h1-10,17H,11H2,(H2,21,24)(H,23,25)/t17-/m0/s1. The van der Waals surface area contributed by atoms with Crippen LogP contribution in [0.25, 0.3) is 10.9 Å². The van der Waals surface area contributed by atoms with Crippen LogP contribution in [0.5, 0.6) is 0 Å². The number of nitrogens with two attached hydrogens (primary N) is 1. The number of halogens is 1. The van der Waals surface area contributed by atoms with Gasteiger partial charge in [0.25, 0.3) is 5.91 Å². The summed E-state index contributed by atoms with van der Waals surface area (Å²) in [6, 6.07) is 17.6. The summed E-state index contributed by atoms with van der Waals surface area (Å²) in [4.78, 5) is 28.7. The largest absolute Gasteiger partial charge is 0.368 e. The highest BCUT2D eigenvalue weighted by Crippen LogP contribution is 2.14. The molecule has 0 saturated heterocycles. The van der Waals surface area contributed by atoms with Crippen molar-refractivity contribution in [2.45, 2.75) is 12.5 Å². The maximum atomic E-state index is 12.4. The maximum absolute atomic E-state index is 12.4. The van der Waals surface area contributed by atoms with Crippen molar-refractivity contribution < 1.29 is 9.59 Å². The third-order valence-electron chi connectivity index (χ3n) is 3.80. The summed E-state index contributed by atoms with van der Waals surface area (Å²) in [6.07, 6.45) is 0.236. The number of carbonyl (C=O) groups is 2. The topological polar surface area (TPSA) is 85.1 Å². The van der Waals surface area contributed by atoms with Crippen molar-refractivity contribution in [2.24, 2.45) is 5.73 Å². The zero-order chi connectivity index (χ0) is 17.8. The molecule has 3 aromatic rings. The fourth-order valence-corrected chi connectivity index (χ4v) is 2.92. The van der Waals surface area contributed by atoms with E-state index < -0.39 is 11.9 Å². The van der Waals surface area contributed by atoms with Crippen molar-refractivity contribution in [3.05, 3.63) is 76.4 Å². The van der Waals surface area contributed by atoms with Crippen LogP contribution in [0.1, 0.15) is 16.1 Å². The van der Waals surface area contributed by atoms with Crippen molar-refractivity contribution in [2.75, 3.05) is 0 Å². The molecule has 0 radical (unpaired) electrons. The van der Waals surface area contributed by atoms with Gasteiger partial charge in [-0.15, -0.1) is 0 Å². The summed E-state index contributed by atoms with van der Waals surface area (Å²) in [6.45, 7) is 0. The first kappa shape index (κ1) is 17.1. The van der Waals surface area contributed by atoms with Crippen molar-refractivity contribution in [3.8, 4) is 0 Å². The lowest BCUT2D eigenvalue weighted by atomic mass is 10.1. The van der Waals surface area contributed by atoms with Gasteiger partial charge in [-0.2, -0.15) is 0 Å². The number of hydrogen-bond donors (Lipinski definition) is 2. The Labute approximate surface area is 153 Å². The van der Waals surface area contributed by atoms with Crippen LogP contribution >= 0.6 is 15.9 Å². The molecule has 1 heterocycles. The molecule has 0 aliphatic carbocycles. The highest BCUT2D eigenvalue weighted by Gasteiger charge is 2.20. The zero-order valence-corrected chi connectivity index (χ0v) is 14.9. The maximum Gasteiger partial charge on any atom is 0.251 e. The lowest BCUT2D eigenvalue weighted by Gasteiger charge is -2.15. The van der Waals surface area contributed by atoms with Crippen molar-refractivity contribution in [1.29, 1.82) is 0 Å². The lowest BCUT2D eigenvalue weighted by molar-refractivity contribution is -0.119. The second-order valence-electron chi connectivity index (χ2n) is 5.64. The van der Waals surface area contributed by atoms with Gasteiger partial charge in [-0.25, -0.2) is 0 Å². The van der Waals surface area contributed by atoms with Crippen LogP contribution in [-0.4, -0.2) is 22.8 Å². The third kappa shape index (κ3) is 4.22. The molecule has 1 aromatic heterocycles. The van der Waals surface area contributed by atoms with Gasteiger partial charge in [0.2, 0.25) is 5.91 Å². The van der Waals surface area contributed by atoms with Gasteiger partial charge in [0.15, 0.2) is 0 Å².